The van der Waals surface area contributed by atoms with Crippen molar-refractivity contribution in [2.45, 2.75) is 39.3 Å². The zero-order valence-electron chi connectivity index (χ0n) is 21.3. The van der Waals surface area contributed by atoms with Gasteiger partial charge >= 0.3 is 5.97 Å². The molecule has 0 saturated carbocycles. The second-order valence-electron chi connectivity index (χ2n) is 7.49. The zero-order chi connectivity index (χ0) is 28.5. The molecule has 13 heteroatoms. The smallest absolute Gasteiger partial charge is 0.333 e. The third-order valence-corrected chi connectivity index (χ3v) is 4.98. The maximum absolute atomic E-state index is 12.8. The van der Waals surface area contributed by atoms with Gasteiger partial charge < -0.3 is 37.0 Å². The van der Waals surface area contributed by atoms with E-state index in [2.05, 4.69) is 15.9 Å². The number of hydrogen-bond donors (Lipinski definition) is 5. The van der Waals surface area contributed by atoms with Gasteiger partial charge in [-0.25, -0.2) is 9.78 Å². The van der Waals surface area contributed by atoms with Gasteiger partial charge in [-0.15, -0.1) is 5.10 Å². The SMILES string of the molecule is CCO[C@@H](Cc1ccc(OCCn2c(CC)nc3ccccc3c2=O)cc1)C(=O)O.NN=C(N)N.O=CO. The topological polar surface area (TPSA) is 218 Å². The van der Waals surface area contributed by atoms with Crippen LogP contribution in [0.25, 0.3) is 10.9 Å². The summed E-state index contributed by atoms with van der Waals surface area (Å²) in [5, 5.41) is 19.5. The first kappa shape index (κ1) is 31.4. The first-order valence-corrected chi connectivity index (χ1v) is 11.6. The number of aryl methyl sites for hydroxylation is 1. The van der Waals surface area contributed by atoms with Gasteiger partial charge in [-0.3, -0.25) is 14.2 Å². The Balaban J connectivity index is 0.000000794. The summed E-state index contributed by atoms with van der Waals surface area (Å²) in [6, 6.07) is 14.6. The number of aromatic nitrogens is 2. The van der Waals surface area contributed by atoms with Crippen molar-refractivity contribution in [2.75, 3.05) is 13.2 Å². The van der Waals surface area contributed by atoms with Gasteiger partial charge in [0.25, 0.3) is 12.0 Å². The molecule has 1 heterocycles. The van der Waals surface area contributed by atoms with Gasteiger partial charge in [0.2, 0.25) is 5.96 Å². The van der Waals surface area contributed by atoms with Crippen LogP contribution >= 0.6 is 0 Å². The third-order valence-electron chi connectivity index (χ3n) is 4.98. The molecule has 0 fully saturated rings. The van der Waals surface area contributed by atoms with Crippen molar-refractivity contribution >= 4 is 29.3 Å². The highest BCUT2D eigenvalue weighted by molar-refractivity contribution is 5.77. The molecule has 8 N–H and O–H groups in total. The minimum atomic E-state index is -0.974. The van der Waals surface area contributed by atoms with E-state index in [1.165, 1.54) is 0 Å². The van der Waals surface area contributed by atoms with Crippen LogP contribution < -0.4 is 27.6 Å². The lowest BCUT2D eigenvalue weighted by Gasteiger charge is -2.14. The molecule has 3 aromatic rings. The molecule has 0 aliphatic rings. The summed E-state index contributed by atoms with van der Waals surface area (Å²) >= 11 is 0. The molecule has 0 unspecified atom stereocenters. The van der Waals surface area contributed by atoms with Crippen molar-refractivity contribution in [3.8, 4) is 5.75 Å². The number of aliphatic carboxylic acids is 1. The molecule has 0 saturated heterocycles. The van der Waals surface area contributed by atoms with Crippen LogP contribution in [0.3, 0.4) is 0 Å². The van der Waals surface area contributed by atoms with E-state index in [0.717, 1.165) is 11.4 Å². The molecular weight excluding hydrogens is 496 g/mol. The van der Waals surface area contributed by atoms with E-state index >= 15 is 0 Å². The van der Waals surface area contributed by atoms with Crippen LogP contribution in [-0.2, 0) is 33.7 Å². The number of benzene rings is 2. The molecule has 2 aromatic carbocycles. The number of carboxylic acid groups (broad SMARTS) is 2. The van der Waals surface area contributed by atoms with E-state index in [1.54, 1.807) is 29.7 Å². The van der Waals surface area contributed by atoms with Crippen molar-refractivity contribution in [2.24, 2.45) is 22.4 Å². The van der Waals surface area contributed by atoms with Crippen molar-refractivity contribution in [3.63, 3.8) is 0 Å². The lowest BCUT2D eigenvalue weighted by atomic mass is 10.1. The molecule has 0 bridgehead atoms. The highest BCUT2D eigenvalue weighted by Crippen LogP contribution is 2.15. The van der Waals surface area contributed by atoms with E-state index in [-0.39, 0.29) is 18.0 Å². The maximum Gasteiger partial charge on any atom is 0.333 e. The van der Waals surface area contributed by atoms with Gasteiger partial charge in [0, 0.05) is 19.4 Å². The van der Waals surface area contributed by atoms with Crippen LogP contribution in [0, 0.1) is 0 Å². The van der Waals surface area contributed by atoms with Crippen LogP contribution in [0.15, 0.2) is 58.4 Å². The van der Waals surface area contributed by atoms with Crippen LogP contribution in [0.5, 0.6) is 5.75 Å². The summed E-state index contributed by atoms with van der Waals surface area (Å²) < 4.78 is 12.7. The first-order valence-electron chi connectivity index (χ1n) is 11.6. The van der Waals surface area contributed by atoms with E-state index in [1.807, 2.05) is 37.3 Å². The number of ether oxygens (including phenoxy) is 2. The quantitative estimate of drug-likeness (QED) is 0.0815. The highest BCUT2D eigenvalue weighted by Gasteiger charge is 2.17. The molecule has 206 valence electrons. The average Bonchev–Trinajstić information content (AvgIpc) is 2.91. The van der Waals surface area contributed by atoms with Crippen molar-refractivity contribution < 1.29 is 29.3 Å². The second kappa shape index (κ2) is 16.9. The predicted molar refractivity (Wildman–Crippen MR) is 143 cm³/mol. The number of carbonyl (C=O) groups is 2. The number of guanidine groups is 1. The van der Waals surface area contributed by atoms with E-state index in [4.69, 9.17) is 30.8 Å². The number of hydrogen-bond acceptors (Lipinski definition) is 8. The van der Waals surface area contributed by atoms with Gasteiger partial charge in [-0.1, -0.05) is 31.2 Å². The molecule has 0 aliphatic carbocycles. The average molecular weight is 531 g/mol. The fraction of sp³-hybridized carbons (Fsp3) is 0.320. The Morgan fingerprint density at radius 1 is 1.16 bits per heavy atom. The Hall–Kier alpha value is -4.65. The van der Waals surface area contributed by atoms with Gasteiger partial charge in [-0.05, 0) is 36.8 Å². The molecule has 0 aliphatic heterocycles. The van der Waals surface area contributed by atoms with Crippen LogP contribution in [0.2, 0.25) is 0 Å². The van der Waals surface area contributed by atoms with Crippen molar-refractivity contribution in [1.82, 2.24) is 9.55 Å². The Kier molecular flexibility index (Phi) is 14.0. The number of para-hydroxylation sites is 1. The number of carboxylic acids is 1. The lowest BCUT2D eigenvalue weighted by Crippen LogP contribution is -2.27. The number of nitrogens with two attached hydrogens (primary N) is 3. The fourth-order valence-electron chi connectivity index (χ4n) is 3.32. The predicted octanol–water partition coefficient (Wildman–Crippen LogP) is 0.904. The summed E-state index contributed by atoms with van der Waals surface area (Å²) in [4.78, 5) is 37.0. The molecule has 13 nitrogen and oxygen atoms in total. The number of fused-ring (bicyclic) bond motifs is 1. The van der Waals surface area contributed by atoms with E-state index < -0.39 is 12.1 Å². The minimum absolute atomic E-state index is 0.0629. The summed E-state index contributed by atoms with van der Waals surface area (Å²) in [6.07, 6.45) is 0.0855. The summed E-state index contributed by atoms with van der Waals surface area (Å²) in [5.41, 5.74) is 10.9. The largest absolute Gasteiger partial charge is 0.492 e. The monoisotopic (exact) mass is 530 g/mol. The molecule has 38 heavy (non-hydrogen) atoms. The first-order chi connectivity index (χ1) is 18.2. The number of rotatable bonds is 10. The van der Waals surface area contributed by atoms with Gasteiger partial charge in [-0.2, -0.15) is 0 Å². The normalized spacial score (nSPS) is 10.7. The maximum atomic E-state index is 12.8. The highest BCUT2D eigenvalue weighted by atomic mass is 16.5. The van der Waals surface area contributed by atoms with E-state index in [9.17, 15) is 14.7 Å². The molecule has 3 rings (SSSR count). The number of hydrazone groups is 1. The van der Waals surface area contributed by atoms with Crippen LogP contribution in [0.4, 0.5) is 0 Å². The Morgan fingerprint density at radius 2 is 1.76 bits per heavy atom. The fourth-order valence-corrected chi connectivity index (χ4v) is 3.32. The summed E-state index contributed by atoms with van der Waals surface area (Å²) in [7, 11) is 0. The molecule has 0 amide bonds. The van der Waals surface area contributed by atoms with E-state index in [0.29, 0.717) is 49.3 Å². The lowest BCUT2D eigenvalue weighted by molar-refractivity contribution is -0.150. The minimum Gasteiger partial charge on any atom is -0.492 e. The molecule has 1 atom stereocenters. The van der Waals surface area contributed by atoms with Crippen LogP contribution in [-0.4, -0.2) is 57.5 Å². The van der Waals surface area contributed by atoms with Gasteiger partial charge in [0.15, 0.2) is 6.10 Å². The molecule has 0 radical (unpaired) electrons. The third kappa shape index (κ3) is 10.1. The molecule has 0 spiro atoms. The second-order valence-corrected chi connectivity index (χ2v) is 7.49. The molecular formula is C25H34N6O7. The zero-order valence-corrected chi connectivity index (χ0v) is 21.3. The Bertz CT molecular complexity index is 1240. The Morgan fingerprint density at radius 3 is 2.29 bits per heavy atom. The summed E-state index contributed by atoms with van der Waals surface area (Å²) in [6.45, 7) is 4.56. The van der Waals surface area contributed by atoms with Crippen molar-refractivity contribution in [3.05, 3.63) is 70.3 Å². The Labute approximate surface area is 219 Å². The van der Waals surface area contributed by atoms with Gasteiger partial charge in [0.05, 0.1) is 17.4 Å². The van der Waals surface area contributed by atoms with Gasteiger partial charge in [0.1, 0.15) is 18.2 Å². The standard InChI is InChI=1S/C23H26N2O5.CH6N4.CH2O2/c1-3-21-24-19-8-6-5-7-18(19)22(26)25(21)13-14-30-17-11-9-16(10-12-17)15-20(23(27)28)29-4-2;2-1(3)5-4;2-1-3/h5-12,20H,3-4,13-15H2,1-2H3,(H,27,28);4H2,(H4,2,3,5);1H,(H,2,3)/t20-;;/m0../s1. The van der Waals surface area contributed by atoms with Crippen LogP contribution in [0.1, 0.15) is 25.2 Å². The molecule has 1 aromatic heterocycles. The number of nitrogens with zero attached hydrogens (tertiary/aromatic N) is 3. The summed E-state index contributed by atoms with van der Waals surface area (Å²) in [5.74, 6) is 4.83. The van der Waals surface area contributed by atoms with Crippen molar-refractivity contribution in [1.29, 1.82) is 0 Å².